The van der Waals surface area contributed by atoms with Gasteiger partial charge in [0.1, 0.15) is 17.2 Å². The number of benzene rings is 3. The maximum Gasteiger partial charge on any atom is 0.258 e. The minimum Gasteiger partial charge on any atom is -0.508 e. The third-order valence-electron chi connectivity index (χ3n) is 3.70. The molecular weight excluding hydrogens is 396 g/mol. The van der Waals surface area contributed by atoms with Crippen LogP contribution in [0, 0.1) is 0 Å². The van der Waals surface area contributed by atoms with Crippen LogP contribution in [0.2, 0.25) is 0 Å². The molecule has 26 heavy (non-hydrogen) atoms. The zero-order valence-corrected chi connectivity index (χ0v) is 15.1. The molecule has 0 saturated heterocycles. The van der Waals surface area contributed by atoms with Crippen molar-refractivity contribution in [3.05, 3.63) is 77.3 Å². The van der Waals surface area contributed by atoms with Gasteiger partial charge in [0.05, 0.1) is 4.47 Å². The molecule has 3 aromatic carbocycles. The zero-order chi connectivity index (χ0) is 17.9. The first kappa shape index (κ1) is 16.4. The summed E-state index contributed by atoms with van der Waals surface area (Å²) in [7, 11) is 0. The number of aromatic hydroxyl groups is 1. The lowest BCUT2D eigenvalue weighted by atomic mass is 10.2. The van der Waals surface area contributed by atoms with Gasteiger partial charge in [-0.3, -0.25) is 0 Å². The van der Waals surface area contributed by atoms with Crippen LogP contribution in [0.3, 0.4) is 0 Å². The number of rotatable bonds is 4. The Labute approximate surface area is 158 Å². The Morgan fingerprint density at radius 2 is 1.62 bits per heavy atom. The molecule has 0 atom stereocenters. The van der Waals surface area contributed by atoms with Crippen molar-refractivity contribution in [2.24, 2.45) is 0 Å². The molecule has 0 radical (unpaired) electrons. The standard InChI is InChI=1S/C20H13BrN2O3/c21-17-12-14(8-11-18(17)25-16-4-2-1-3-5-16)19-22-20(26-23-19)13-6-9-15(24)10-7-13/h1-12,24H. The normalized spacial score (nSPS) is 10.7. The maximum atomic E-state index is 9.37. The second-order valence-corrected chi connectivity index (χ2v) is 6.38. The molecule has 1 aromatic heterocycles. The largest absolute Gasteiger partial charge is 0.508 e. The van der Waals surface area contributed by atoms with Crippen LogP contribution < -0.4 is 4.74 Å². The molecule has 4 aromatic rings. The molecular formula is C20H13BrN2O3. The minimum atomic E-state index is 0.187. The van der Waals surface area contributed by atoms with Crippen LogP contribution >= 0.6 is 15.9 Å². The quantitative estimate of drug-likeness (QED) is 0.471. The molecule has 0 aliphatic heterocycles. The molecule has 1 heterocycles. The van der Waals surface area contributed by atoms with Gasteiger partial charge >= 0.3 is 0 Å². The second kappa shape index (κ2) is 7.01. The fourth-order valence-electron chi connectivity index (χ4n) is 2.40. The summed E-state index contributed by atoms with van der Waals surface area (Å²) in [6, 6.07) is 21.8. The van der Waals surface area contributed by atoms with E-state index in [1.54, 1.807) is 24.3 Å². The monoisotopic (exact) mass is 408 g/mol. The van der Waals surface area contributed by atoms with Gasteiger partial charge in [0.2, 0.25) is 5.82 Å². The highest BCUT2D eigenvalue weighted by Crippen LogP contribution is 2.33. The van der Waals surface area contributed by atoms with Crippen molar-refractivity contribution in [2.75, 3.05) is 0 Å². The van der Waals surface area contributed by atoms with Crippen molar-refractivity contribution >= 4 is 15.9 Å². The fraction of sp³-hybridized carbons (Fsp3) is 0. The van der Waals surface area contributed by atoms with Crippen molar-refractivity contribution in [2.45, 2.75) is 0 Å². The first-order chi connectivity index (χ1) is 12.7. The van der Waals surface area contributed by atoms with E-state index in [4.69, 9.17) is 9.26 Å². The number of aromatic nitrogens is 2. The van der Waals surface area contributed by atoms with Crippen LogP contribution in [0.4, 0.5) is 0 Å². The lowest BCUT2D eigenvalue weighted by Crippen LogP contribution is -1.87. The number of hydrogen-bond donors (Lipinski definition) is 1. The van der Waals surface area contributed by atoms with Crippen molar-refractivity contribution in [3.8, 4) is 40.1 Å². The van der Waals surface area contributed by atoms with E-state index in [0.29, 0.717) is 17.5 Å². The highest BCUT2D eigenvalue weighted by atomic mass is 79.9. The van der Waals surface area contributed by atoms with Gasteiger partial charge in [-0.05, 0) is 70.5 Å². The summed E-state index contributed by atoms with van der Waals surface area (Å²) < 4.78 is 12.0. The van der Waals surface area contributed by atoms with Crippen LogP contribution in [0.15, 0.2) is 81.8 Å². The topological polar surface area (TPSA) is 68.4 Å². The van der Waals surface area contributed by atoms with Crippen LogP contribution in [0.25, 0.3) is 22.8 Å². The molecule has 0 amide bonds. The zero-order valence-electron chi connectivity index (χ0n) is 13.5. The summed E-state index contributed by atoms with van der Waals surface area (Å²) >= 11 is 3.52. The van der Waals surface area contributed by atoms with Crippen LogP contribution in [0.5, 0.6) is 17.2 Å². The van der Waals surface area contributed by atoms with Gasteiger partial charge in [-0.1, -0.05) is 23.4 Å². The number of para-hydroxylation sites is 1. The second-order valence-electron chi connectivity index (χ2n) is 5.53. The number of phenolic OH excluding ortho intramolecular Hbond substituents is 1. The van der Waals surface area contributed by atoms with Crippen molar-refractivity contribution in [1.82, 2.24) is 10.1 Å². The van der Waals surface area contributed by atoms with Crippen LogP contribution in [-0.2, 0) is 0 Å². The Hall–Kier alpha value is -3.12. The van der Waals surface area contributed by atoms with Gasteiger partial charge in [0.15, 0.2) is 0 Å². The molecule has 0 saturated carbocycles. The SMILES string of the molecule is Oc1ccc(-c2nc(-c3ccc(Oc4ccccc4)c(Br)c3)no2)cc1. The number of nitrogens with zero attached hydrogens (tertiary/aromatic N) is 2. The average Bonchev–Trinajstić information content (AvgIpc) is 3.15. The lowest BCUT2D eigenvalue weighted by molar-refractivity contribution is 0.432. The highest BCUT2D eigenvalue weighted by molar-refractivity contribution is 9.10. The molecule has 0 bridgehead atoms. The maximum absolute atomic E-state index is 9.37. The molecule has 0 aliphatic rings. The van der Waals surface area contributed by atoms with Gasteiger partial charge in [-0.25, -0.2) is 0 Å². The van der Waals surface area contributed by atoms with Gasteiger partial charge in [0.25, 0.3) is 5.89 Å². The Morgan fingerprint density at radius 3 is 2.35 bits per heavy atom. The van der Waals surface area contributed by atoms with E-state index in [2.05, 4.69) is 26.1 Å². The highest BCUT2D eigenvalue weighted by Gasteiger charge is 2.13. The molecule has 0 unspecified atom stereocenters. The molecule has 4 rings (SSSR count). The first-order valence-corrected chi connectivity index (χ1v) is 8.64. The smallest absolute Gasteiger partial charge is 0.258 e. The summed E-state index contributed by atoms with van der Waals surface area (Å²) in [4.78, 5) is 4.41. The van der Waals surface area contributed by atoms with E-state index in [1.807, 2.05) is 48.5 Å². The fourth-order valence-corrected chi connectivity index (χ4v) is 2.86. The van der Waals surface area contributed by atoms with Crippen molar-refractivity contribution in [1.29, 1.82) is 0 Å². The van der Waals surface area contributed by atoms with Gasteiger partial charge in [0, 0.05) is 11.1 Å². The number of phenols is 1. The van der Waals surface area contributed by atoms with Crippen LogP contribution in [-0.4, -0.2) is 15.2 Å². The molecule has 0 spiro atoms. The van der Waals surface area contributed by atoms with E-state index in [-0.39, 0.29) is 5.75 Å². The van der Waals surface area contributed by atoms with Crippen molar-refractivity contribution < 1.29 is 14.4 Å². The van der Waals surface area contributed by atoms with E-state index >= 15 is 0 Å². The Kier molecular flexibility index (Phi) is 4.41. The summed E-state index contributed by atoms with van der Waals surface area (Å²) in [6.45, 7) is 0. The van der Waals surface area contributed by atoms with E-state index < -0.39 is 0 Å². The van der Waals surface area contributed by atoms with Gasteiger partial charge in [-0.2, -0.15) is 4.98 Å². The molecule has 5 nitrogen and oxygen atoms in total. The van der Waals surface area contributed by atoms with Gasteiger partial charge in [-0.15, -0.1) is 0 Å². The predicted molar refractivity (Wildman–Crippen MR) is 101 cm³/mol. The Bertz CT molecular complexity index is 1030. The summed E-state index contributed by atoms with van der Waals surface area (Å²) in [5, 5.41) is 13.4. The number of halogens is 1. The van der Waals surface area contributed by atoms with E-state index in [1.165, 1.54) is 0 Å². The third-order valence-corrected chi connectivity index (χ3v) is 4.32. The van der Waals surface area contributed by atoms with Crippen LogP contribution in [0.1, 0.15) is 0 Å². The van der Waals surface area contributed by atoms with E-state index in [0.717, 1.165) is 21.3 Å². The van der Waals surface area contributed by atoms with Gasteiger partial charge < -0.3 is 14.4 Å². The number of hydrogen-bond acceptors (Lipinski definition) is 5. The first-order valence-electron chi connectivity index (χ1n) is 7.85. The molecule has 0 fully saturated rings. The Morgan fingerprint density at radius 1 is 0.885 bits per heavy atom. The molecule has 1 N–H and O–H groups in total. The minimum absolute atomic E-state index is 0.187. The average molecular weight is 409 g/mol. The summed E-state index contributed by atoms with van der Waals surface area (Å²) in [6.07, 6.45) is 0. The Balaban J connectivity index is 1.59. The predicted octanol–water partition coefficient (Wildman–Crippen LogP) is 5.66. The molecule has 6 heteroatoms. The third kappa shape index (κ3) is 3.45. The summed E-state index contributed by atoms with van der Waals surface area (Å²) in [5.74, 6) is 2.50. The molecule has 0 aliphatic carbocycles. The lowest BCUT2D eigenvalue weighted by Gasteiger charge is -2.08. The summed E-state index contributed by atoms with van der Waals surface area (Å²) in [5.41, 5.74) is 1.54. The molecule has 128 valence electrons. The number of ether oxygens (including phenoxy) is 1. The van der Waals surface area contributed by atoms with E-state index in [9.17, 15) is 5.11 Å². The van der Waals surface area contributed by atoms with Crippen molar-refractivity contribution in [3.63, 3.8) is 0 Å².